The summed E-state index contributed by atoms with van der Waals surface area (Å²) < 4.78 is 8.70. The molecule has 0 heterocycles. The van der Waals surface area contributed by atoms with Crippen LogP contribution in [0.15, 0.2) is 24.3 Å². The molecule has 0 saturated heterocycles. The molecule has 84 valence electrons. The lowest BCUT2D eigenvalue weighted by Crippen LogP contribution is -2.03. The van der Waals surface area contributed by atoms with Gasteiger partial charge in [-0.1, -0.05) is 25.5 Å². The SMILES string of the molecule is CCCCOc1ccc(CCNI)cc1. The molecule has 2 nitrogen and oxygen atoms in total. The Bertz CT molecular complexity index is 261. The van der Waals surface area contributed by atoms with Crippen LogP contribution in [0.2, 0.25) is 0 Å². The summed E-state index contributed by atoms with van der Waals surface area (Å²) in [6.45, 7) is 4.01. The number of nitrogens with one attached hydrogen (secondary N) is 1. The molecule has 1 rings (SSSR count). The van der Waals surface area contributed by atoms with Crippen LogP contribution in [0.5, 0.6) is 5.75 Å². The van der Waals surface area contributed by atoms with Gasteiger partial charge in [0, 0.05) is 29.4 Å². The van der Waals surface area contributed by atoms with E-state index in [0.717, 1.165) is 31.7 Å². The molecule has 1 N–H and O–H groups in total. The van der Waals surface area contributed by atoms with Crippen LogP contribution in [-0.2, 0) is 6.42 Å². The van der Waals surface area contributed by atoms with Crippen LogP contribution in [0.4, 0.5) is 0 Å². The fourth-order valence-electron chi connectivity index (χ4n) is 1.28. The molecule has 0 saturated carbocycles. The van der Waals surface area contributed by atoms with Gasteiger partial charge in [0.2, 0.25) is 0 Å². The zero-order valence-electron chi connectivity index (χ0n) is 9.13. The number of hydrogen-bond acceptors (Lipinski definition) is 2. The van der Waals surface area contributed by atoms with Crippen molar-refractivity contribution in [3.63, 3.8) is 0 Å². The predicted molar refractivity (Wildman–Crippen MR) is 72.6 cm³/mol. The third-order valence-corrected chi connectivity index (χ3v) is 2.74. The van der Waals surface area contributed by atoms with Crippen LogP contribution in [0, 0.1) is 0 Å². The van der Waals surface area contributed by atoms with Crippen molar-refractivity contribution in [1.29, 1.82) is 0 Å². The third-order valence-electron chi connectivity index (χ3n) is 2.20. The average molecular weight is 319 g/mol. The Kier molecular flexibility index (Phi) is 6.76. The molecule has 0 bridgehead atoms. The molecule has 0 spiro atoms. The smallest absolute Gasteiger partial charge is 0.119 e. The molecule has 1 aromatic carbocycles. The summed E-state index contributed by atoms with van der Waals surface area (Å²) in [6, 6.07) is 8.38. The minimum Gasteiger partial charge on any atom is -0.494 e. The van der Waals surface area contributed by atoms with Crippen molar-refractivity contribution >= 4 is 22.9 Å². The number of ether oxygens (including phenoxy) is 1. The lowest BCUT2D eigenvalue weighted by Gasteiger charge is -2.06. The van der Waals surface area contributed by atoms with Gasteiger partial charge in [0.05, 0.1) is 6.61 Å². The molecule has 0 atom stereocenters. The lowest BCUT2D eigenvalue weighted by atomic mass is 10.1. The van der Waals surface area contributed by atoms with E-state index in [4.69, 9.17) is 4.74 Å². The van der Waals surface area contributed by atoms with E-state index in [1.54, 1.807) is 0 Å². The third kappa shape index (κ3) is 5.37. The quantitative estimate of drug-likeness (QED) is 0.473. The fourth-order valence-corrected chi connectivity index (χ4v) is 1.55. The summed E-state index contributed by atoms with van der Waals surface area (Å²) >= 11 is 2.17. The van der Waals surface area contributed by atoms with E-state index in [-0.39, 0.29) is 0 Å². The van der Waals surface area contributed by atoms with Gasteiger partial charge in [-0.2, -0.15) is 0 Å². The first-order valence-corrected chi connectivity index (χ1v) is 6.50. The Hall–Kier alpha value is -0.290. The lowest BCUT2D eigenvalue weighted by molar-refractivity contribution is 0.309. The van der Waals surface area contributed by atoms with Gasteiger partial charge >= 0.3 is 0 Å². The summed E-state index contributed by atoms with van der Waals surface area (Å²) in [5, 5.41) is 0. The van der Waals surface area contributed by atoms with E-state index in [9.17, 15) is 0 Å². The van der Waals surface area contributed by atoms with Gasteiger partial charge in [0.1, 0.15) is 5.75 Å². The molecule has 0 aliphatic heterocycles. The first kappa shape index (κ1) is 12.8. The van der Waals surface area contributed by atoms with Gasteiger partial charge in [-0.3, -0.25) is 3.53 Å². The van der Waals surface area contributed by atoms with E-state index in [0.29, 0.717) is 0 Å². The van der Waals surface area contributed by atoms with Crippen LogP contribution in [0.25, 0.3) is 0 Å². The largest absolute Gasteiger partial charge is 0.494 e. The van der Waals surface area contributed by atoms with Crippen molar-refractivity contribution in [3.8, 4) is 5.75 Å². The Labute approximate surface area is 106 Å². The van der Waals surface area contributed by atoms with E-state index in [1.165, 1.54) is 12.0 Å². The predicted octanol–water partition coefficient (Wildman–Crippen LogP) is 3.35. The highest BCUT2D eigenvalue weighted by molar-refractivity contribution is 14.1. The topological polar surface area (TPSA) is 21.3 Å². The zero-order chi connectivity index (χ0) is 10.9. The standard InChI is InChI=1S/C12H18INO/c1-2-3-10-15-12-6-4-11(5-7-12)8-9-14-13/h4-7,14H,2-3,8-10H2,1H3. The van der Waals surface area contributed by atoms with Gasteiger partial charge < -0.3 is 4.74 Å². The number of hydrogen-bond donors (Lipinski definition) is 1. The summed E-state index contributed by atoms with van der Waals surface area (Å²) in [6.07, 6.45) is 3.37. The number of rotatable bonds is 7. The van der Waals surface area contributed by atoms with Crippen LogP contribution in [0.1, 0.15) is 25.3 Å². The van der Waals surface area contributed by atoms with Gasteiger partial charge in [-0.05, 0) is 30.5 Å². The normalized spacial score (nSPS) is 10.3. The van der Waals surface area contributed by atoms with Gasteiger partial charge in [0.15, 0.2) is 0 Å². The minimum atomic E-state index is 0.825. The van der Waals surface area contributed by atoms with E-state index >= 15 is 0 Å². The van der Waals surface area contributed by atoms with Gasteiger partial charge in [0.25, 0.3) is 0 Å². The molecular weight excluding hydrogens is 301 g/mol. The molecule has 0 fully saturated rings. The first-order chi connectivity index (χ1) is 7.36. The van der Waals surface area contributed by atoms with Crippen molar-refractivity contribution in [2.45, 2.75) is 26.2 Å². The van der Waals surface area contributed by atoms with Gasteiger partial charge in [-0.25, -0.2) is 0 Å². The molecule has 1 aromatic rings. The highest BCUT2D eigenvalue weighted by atomic mass is 127. The first-order valence-electron chi connectivity index (χ1n) is 5.42. The Morgan fingerprint density at radius 2 is 2.00 bits per heavy atom. The Morgan fingerprint density at radius 3 is 2.60 bits per heavy atom. The number of halogens is 1. The van der Waals surface area contributed by atoms with Crippen molar-refractivity contribution in [3.05, 3.63) is 29.8 Å². The van der Waals surface area contributed by atoms with Crippen LogP contribution in [0.3, 0.4) is 0 Å². The molecule has 15 heavy (non-hydrogen) atoms. The molecule has 3 heteroatoms. The maximum atomic E-state index is 5.59. The molecular formula is C12H18INO. The van der Waals surface area contributed by atoms with Crippen molar-refractivity contribution in [2.75, 3.05) is 13.2 Å². The summed E-state index contributed by atoms with van der Waals surface area (Å²) in [5.41, 5.74) is 1.35. The summed E-state index contributed by atoms with van der Waals surface area (Å²) in [5.74, 6) is 0.981. The van der Waals surface area contributed by atoms with Crippen LogP contribution in [-0.4, -0.2) is 13.2 Å². The molecule has 0 unspecified atom stereocenters. The Balaban J connectivity index is 2.35. The second-order valence-corrected chi connectivity index (χ2v) is 4.24. The van der Waals surface area contributed by atoms with Crippen molar-refractivity contribution in [1.82, 2.24) is 3.53 Å². The number of benzene rings is 1. The van der Waals surface area contributed by atoms with Crippen LogP contribution >= 0.6 is 22.9 Å². The highest BCUT2D eigenvalue weighted by Crippen LogP contribution is 2.12. The monoisotopic (exact) mass is 319 g/mol. The average Bonchev–Trinajstić information content (AvgIpc) is 2.28. The Morgan fingerprint density at radius 1 is 1.27 bits per heavy atom. The molecule has 0 aliphatic rings. The van der Waals surface area contributed by atoms with Gasteiger partial charge in [-0.15, -0.1) is 0 Å². The molecule has 0 aromatic heterocycles. The van der Waals surface area contributed by atoms with E-state index in [1.807, 2.05) is 0 Å². The van der Waals surface area contributed by atoms with Crippen molar-refractivity contribution < 1.29 is 4.74 Å². The van der Waals surface area contributed by atoms with E-state index < -0.39 is 0 Å². The summed E-state index contributed by atoms with van der Waals surface area (Å²) in [7, 11) is 0. The maximum Gasteiger partial charge on any atom is 0.119 e. The number of unbranched alkanes of at least 4 members (excludes halogenated alkanes) is 1. The zero-order valence-corrected chi connectivity index (χ0v) is 11.3. The van der Waals surface area contributed by atoms with E-state index in [2.05, 4.69) is 57.6 Å². The van der Waals surface area contributed by atoms with Crippen molar-refractivity contribution in [2.24, 2.45) is 0 Å². The van der Waals surface area contributed by atoms with Crippen LogP contribution < -0.4 is 8.27 Å². The second-order valence-electron chi connectivity index (χ2n) is 3.48. The molecule has 0 amide bonds. The fraction of sp³-hybridized carbons (Fsp3) is 0.500. The highest BCUT2D eigenvalue weighted by Gasteiger charge is 1.95. The molecule has 0 aliphatic carbocycles. The summed E-state index contributed by atoms with van der Waals surface area (Å²) in [4.78, 5) is 0. The maximum absolute atomic E-state index is 5.59. The molecule has 0 radical (unpaired) electrons. The minimum absolute atomic E-state index is 0.825. The second kappa shape index (κ2) is 7.93.